The van der Waals surface area contributed by atoms with Crippen LogP contribution in [-0.2, 0) is 16.3 Å². The van der Waals surface area contributed by atoms with Crippen molar-refractivity contribution in [1.82, 2.24) is 10.6 Å². The summed E-state index contributed by atoms with van der Waals surface area (Å²) in [6, 6.07) is 5.48. The average molecular weight is 494 g/mol. The SMILES string of the molecule is CN=C(NCCCc1ccc(Cl)cc1Cl)NCCS(C)(=O)=O.I. The molecule has 2 N–H and O–H groups in total. The smallest absolute Gasteiger partial charge is 0.191 e. The van der Waals surface area contributed by atoms with E-state index in [1.165, 1.54) is 6.26 Å². The van der Waals surface area contributed by atoms with Crippen molar-refractivity contribution in [2.75, 3.05) is 32.1 Å². The van der Waals surface area contributed by atoms with Crippen molar-refractivity contribution in [2.24, 2.45) is 4.99 Å². The number of nitrogens with one attached hydrogen (secondary N) is 2. The summed E-state index contributed by atoms with van der Waals surface area (Å²) < 4.78 is 22.1. The first kappa shape index (κ1) is 22.8. The van der Waals surface area contributed by atoms with Crippen molar-refractivity contribution in [2.45, 2.75) is 12.8 Å². The molecule has 0 aliphatic carbocycles. The highest BCUT2D eigenvalue weighted by molar-refractivity contribution is 14.0. The Kier molecular flexibility index (Phi) is 11.2. The zero-order valence-corrected chi connectivity index (χ0v) is 17.8. The Labute approximate surface area is 165 Å². The van der Waals surface area contributed by atoms with Gasteiger partial charge in [-0.2, -0.15) is 0 Å². The summed E-state index contributed by atoms with van der Waals surface area (Å²) in [5.74, 6) is 0.666. The zero-order chi connectivity index (χ0) is 16.6. The second-order valence-corrected chi connectivity index (χ2v) is 8.00. The maximum absolute atomic E-state index is 11.1. The van der Waals surface area contributed by atoms with Crippen LogP contribution < -0.4 is 10.6 Å². The van der Waals surface area contributed by atoms with Crippen LogP contribution in [0.15, 0.2) is 23.2 Å². The standard InChI is InChI=1S/C14H21Cl2N3O2S.HI/c1-17-14(19-8-9-22(2,20)21)18-7-3-4-11-5-6-12(15)10-13(11)16;/h5-6,10H,3-4,7-9H2,1-2H3,(H2,17,18,19);1H. The van der Waals surface area contributed by atoms with Gasteiger partial charge in [0.05, 0.1) is 5.75 Å². The number of rotatable bonds is 7. The van der Waals surface area contributed by atoms with E-state index in [1.807, 2.05) is 12.1 Å². The molecule has 1 rings (SSSR count). The maximum Gasteiger partial charge on any atom is 0.191 e. The van der Waals surface area contributed by atoms with Crippen LogP contribution in [0.3, 0.4) is 0 Å². The van der Waals surface area contributed by atoms with Crippen LogP contribution in [0.5, 0.6) is 0 Å². The first-order chi connectivity index (χ1) is 10.3. The lowest BCUT2D eigenvalue weighted by Crippen LogP contribution is -2.40. The monoisotopic (exact) mass is 493 g/mol. The molecule has 1 aromatic rings. The van der Waals surface area contributed by atoms with Gasteiger partial charge in [0.25, 0.3) is 0 Å². The molecule has 23 heavy (non-hydrogen) atoms. The Bertz CT molecular complexity index is 624. The van der Waals surface area contributed by atoms with E-state index in [9.17, 15) is 8.42 Å². The number of halogens is 3. The highest BCUT2D eigenvalue weighted by Gasteiger charge is 2.04. The van der Waals surface area contributed by atoms with Gasteiger partial charge in [0.15, 0.2) is 5.96 Å². The van der Waals surface area contributed by atoms with Crippen molar-refractivity contribution in [3.8, 4) is 0 Å². The van der Waals surface area contributed by atoms with E-state index in [0.717, 1.165) is 18.4 Å². The summed E-state index contributed by atoms with van der Waals surface area (Å²) in [4.78, 5) is 4.04. The molecule has 0 saturated heterocycles. The maximum atomic E-state index is 11.1. The van der Waals surface area contributed by atoms with Gasteiger partial charge in [-0.05, 0) is 30.5 Å². The fourth-order valence-corrected chi connectivity index (χ4v) is 2.76. The number of nitrogens with zero attached hydrogens (tertiary/aromatic N) is 1. The van der Waals surface area contributed by atoms with Crippen LogP contribution in [0.2, 0.25) is 10.0 Å². The third-order valence-electron chi connectivity index (χ3n) is 2.92. The van der Waals surface area contributed by atoms with Crippen LogP contribution in [0.25, 0.3) is 0 Å². The summed E-state index contributed by atoms with van der Waals surface area (Å²) >= 11 is 12.0. The molecule has 0 unspecified atom stereocenters. The van der Waals surface area contributed by atoms with E-state index in [0.29, 0.717) is 29.1 Å². The van der Waals surface area contributed by atoms with Crippen molar-refractivity contribution in [1.29, 1.82) is 0 Å². The minimum absolute atomic E-state index is 0. The first-order valence-corrected chi connectivity index (χ1v) is 9.69. The zero-order valence-electron chi connectivity index (χ0n) is 13.1. The van der Waals surface area contributed by atoms with E-state index in [4.69, 9.17) is 23.2 Å². The molecule has 0 saturated carbocycles. The van der Waals surface area contributed by atoms with Gasteiger partial charge in [-0.1, -0.05) is 29.3 Å². The van der Waals surface area contributed by atoms with E-state index >= 15 is 0 Å². The Morgan fingerprint density at radius 3 is 2.43 bits per heavy atom. The molecule has 0 heterocycles. The molecular formula is C14H22Cl2IN3O2S. The average Bonchev–Trinajstić information content (AvgIpc) is 2.42. The number of hydrogen-bond donors (Lipinski definition) is 2. The largest absolute Gasteiger partial charge is 0.356 e. The molecule has 0 aliphatic rings. The van der Waals surface area contributed by atoms with Gasteiger partial charge in [-0.15, -0.1) is 24.0 Å². The molecule has 0 fully saturated rings. The minimum atomic E-state index is -2.97. The lowest BCUT2D eigenvalue weighted by Gasteiger charge is -2.11. The predicted molar refractivity (Wildman–Crippen MR) is 109 cm³/mol. The first-order valence-electron chi connectivity index (χ1n) is 6.88. The number of benzene rings is 1. The van der Waals surface area contributed by atoms with E-state index in [1.54, 1.807) is 13.1 Å². The molecule has 0 amide bonds. The summed E-state index contributed by atoms with van der Waals surface area (Å²) in [6.45, 7) is 1.04. The fourth-order valence-electron chi connectivity index (χ4n) is 1.79. The normalized spacial score (nSPS) is 11.7. The third-order valence-corrected chi connectivity index (χ3v) is 4.45. The summed E-state index contributed by atoms with van der Waals surface area (Å²) in [7, 11) is -1.32. The van der Waals surface area contributed by atoms with Crippen molar-refractivity contribution in [3.63, 3.8) is 0 Å². The van der Waals surface area contributed by atoms with E-state index in [2.05, 4.69) is 15.6 Å². The molecule has 5 nitrogen and oxygen atoms in total. The molecule has 0 radical (unpaired) electrons. The third kappa shape index (κ3) is 10.3. The van der Waals surface area contributed by atoms with E-state index in [-0.39, 0.29) is 29.7 Å². The Morgan fingerprint density at radius 1 is 1.22 bits per heavy atom. The molecule has 0 bridgehead atoms. The van der Waals surface area contributed by atoms with Crippen molar-refractivity contribution in [3.05, 3.63) is 33.8 Å². The number of sulfone groups is 1. The number of aryl methyl sites for hydroxylation is 1. The highest BCUT2D eigenvalue weighted by atomic mass is 127. The number of hydrogen-bond acceptors (Lipinski definition) is 3. The lowest BCUT2D eigenvalue weighted by molar-refractivity contribution is 0.600. The Hall–Kier alpha value is -0.250. The topological polar surface area (TPSA) is 70.6 Å². The second kappa shape index (κ2) is 11.3. The van der Waals surface area contributed by atoms with Gasteiger partial charge in [0.1, 0.15) is 9.84 Å². The molecule has 1 aromatic carbocycles. The van der Waals surface area contributed by atoms with Gasteiger partial charge < -0.3 is 10.6 Å². The number of guanidine groups is 1. The highest BCUT2D eigenvalue weighted by Crippen LogP contribution is 2.21. The summed E-state index contributed by atoms with van der Waals surface area (Å²) in [5, 5.41) is 7.39. The molecule has 0 spiro atoms. The van der Waals surface area contributed by atoms with Crippen LogP contribution in [0.4, 0.5) is 0 Å². The van der Waals surface area contributed by atoms with Gasteiger partial charge in [0, 0.05) is 36.4 Å². The molecule has 0 atom stereocenters. The van der Waals surface area contributed by atoms with Crippen LogP contribution >= 0.6 is 47.2 Å². The van der Waals surface area contributed by atoms with Crippen molar-refractivity contribution >= 4 is 63.0 Å². The van der Waals surface area contributed by atoms with Crippen LogP contribution in [0.1, 0.15) is 12.0 Å². The molecule has 0 aromatic heterocycles. The number of aliphatic imine (C=N–C) groups is 1. The second-order valence-electron chi connectivity index (χ2n) is 4.89. The Balaban J connectivity index is 0.00000484. The summed E-state index contributed by atoms with van der Waals surface area (Å²) in [6.07, 6.45) is 2.90. The van der Waals surface area contributed by atoms with Gasteiger partial charge in [-0.25, -0.2) is 8.42 Å². The molecule has 9 heteroatoms. The summed E-state index contributed by atoms with van der Waals surface area (Å²) in [5.41, 5.74) is 1.05. The molecule has 132 valence electrons. The molecule has 0 aliphatic heterocycles. The predicted octanol–water partition coefficient (Wildman–Crippen LogP) is 2.75. The fraction of sp³-hybridized carbons (Fsp3) is 0.500. The van der Waals surface area contributed by atoms with Crippen LogP contribution in [-0.4, -0.2) is 46.5 Å². The van der Waals surface area contributed by atoms with Crippen molar-refractivity contribution < 1.29 is 8.42 Å². The van der Waals surface area contributed by atoms with Gasteiger partial charge in [0.2, 0.25) is 0 Å². The van der Waals surface area contributed by atoms with Gasteiger partial charge in [-0.3, -0.25) is 4.99 Å². The van der Waals surface area contributed by atoms with E-state index < -0.39 is 9.84 Å². The lowest BCUT2D eigenvalue weighted by atomic mass is 10.1. The minimum Gasteiger partial charge on any atom is -0.356 e. The van der Waals surface area contributed by atoms with Gasteiger partial charge >= 0.3 is 0 Å². The van der Waals surface area contributed by atoms with Crippen LogP contribution in [0, 0.1) is 0 Å². The quantitative estimate of drug-likeness (QED) is 0.265. The Morgan fingerprint density at radius 2 is 1.87 bits per heavy atom. The molecular weight excluding hydrogens is 472 g/mol.